The van der Waals surface area contributed by atoms with Gasteiger partial charge in [-0.3, -0.25) is 9.48 Å². The normalized spacial score (nSPS) is 11.1. The van der Waals surface area contributed by atoms with Crippen molar-refractivity contribution in [3.05, 3.63) is 16.4 Å². The molecule has 0 fully saturated rings. The van der Waals surface area contributed by atoms with E-state index in [1.165, 1.54) is 0 Å². The van der Waals surface area contributed by atoms with Crippen LogP contribution in [0.5, 0.6) is 0 Å². The number of aromatic nitrogens is 2. The van der Waals surface area contributed by atoms with Crippen LogP contribution in [0, 0.1) is 12.8 Å². The first-order chi connectivity index (χ1) is 8.91. The van der Waals surface area contributed by atoms with Crippen molar-refractivity contribution in [1.29, 1.82) is 0 Å². The number of nitrogens with zero attached hydrogens (tertiary/aromatic N) is 2. The summed E-state index contributed by atoms with van der Waals surface area (Å²) in [6.07, 6.45) is 0.473. The van der Waals surface area contributed by atoms with E-state index in [-0.39, 0.29) is 5.91 Å². The lowest BCUT2D eigenvalue weighted by Gasteiger charge is -2.08. The maximum absolute atomic E-state index is 11.5. The number of hydrogen-bond acceptors (Lipinski definition) is 3. The zero-order valence-corrected chi connectivity index (χ0v) is 12.8. The molecule has 0 saturated carbocycles. The van der Waals surface area contributed by atoms with Gasteiger partial charge in [0, 0.05) is 33.1 Å². The average Bonchev–Trinajstić information content (AvgIpc) is 2.57. The third-order valence-electron chi connectivity index (χ3n) is 2.79. The molecule has 0 aromatic carbocycles. The SMILES string of the molecule is Cc1nn(C)c(CNCCC(=O)NCC(C)C)c1Cl. The Morgan fingerprint density at radius 1 is 1.47 bits per heavy atom. The number of nitrogens with one attached hydrogen (secondary N) is 2. The van der Waals surface area contributed by atoms with Gasteiger partial charge in [0.15, 0.2) is 0 Å². The largest absolute Gasteiger partial charge is 0.356 e. The van der Waals surface area contributed by atoms with E-state index in [0.29, 0.717) is 30.5 Å². The Balaban J connectivity index is 2.26. The van der Waals surface area contributed by atoms with E-state index in [4.69, 9.17) is 11.6 Å². The van der Waals surface area contributed by atoms with E-state index in [2.05, 4.69) is 29.6 Å². The third kappa shape index (κ3) is 5.20. The van der Waals surface area contributed by atoms with Gasteiger partial charge in [-0.1, -0.05) is 25.4 Å². The minimum Gasteiger partial charge on any atom is -0.356 e. The summed E-state index contributed by atoms with van der Waals surface area (Å²) < 4.78 is 1.77. The molecule has 0 spiro atoms. The Bertz CT molecular complexity index is 429. The highest BCUT2D eigenvalue weighted by molar-refractivity contribution is 6.31. The van der Waals surface area contributed by atoms with Gasteiger partial charge in [0.1, 0.15) is 0 Å². The molecule has 1 rings (SSSR count). The molecule has 1 aromatic heterocycles. The number of carbonyl (C=O) groups is 1. The second kappa shape index (κ2) is 7.50. The molecule has 6 heteroatoms. The van der Waals surface area contributed by atoms with Crippen LogP contribution in [-0.4, -0.2) is 28.8 Å². The maximum atomic E-state index is 11.5. The molecule has 5 nitrogen and oxygen atoms in total. The van der Waals surface area contributed by atoms with Crippen LogP contribution in [0.3, 0.4) is 0 Å². The smallest absolute Gasteiger partial charge is 0.221 e. The average molecular weight is 287 g/mol. The quantitative estimate of drug-likeness (QED) is 0.749. The zero-order chi connectivity index (χ0) is 14.4. The molecule has 0 bridgehead atoms. The predicted molar refractivity (Wildman–Crippen MR) is 77.1 cm³/mol. The number of hydrogen-bond donors (Lipinski definition) is 2. The topological polar surface area (TPSA) is 59.0 Å². The van der Waals surface area contributed by atoms with Crippen LogP contribution in [0.25, 0.3) is 0 Å². The molecule has 2 N–H and O–H groups in total. The Morgan fingerprint density at radius 2 is 2.16 bits per heavy atom. The first kappa shape index (κ1) is 16.0. The van der Waals surface area contributed by atoms with Crippen molar-refractivity contribution < 1.29 is 4.79 Å². The molecule has 1 amide bonds. The molecule has 0 aliphatic carbocycles. The fraction of sp³-hybridized carbons (Fsp3) is 0.692. The Morgan fingerprint density at radius 3 is 2.68 bits per heavy atom. The van der Waals surface area contributed by atoms with Crippen LogP contribution in [-0.2, 0) is 18.4 Å². The highest BCUT2D eigenvalue weighted by atomic mass is 35.5. The van der Waals surface area contributed by atoms with Crippen molar-refractivity contribution in [3.8, 4) is 0 Å². The summed E-state index contributed by atoms with van der Waals surface area (Å²) in [6.45, 7) is 8.01. The lowest BCUT2D eigenvalue weighted by molar-refractivity contribution is -0.121. The van der Waals surface area contributed by atoms with E-state index in [9.17, 15) is 4.79 Å². The number of carbonyl (C=O) groups excluding carboxylic acids is 1. The standard InChI is InChI=1S/C13H23ClN4O/c1-9(2)7-16-12(19)5-6-15-8-11-13(14)10(3)17-18(11)4/h9,15H,5-8H2,1-4H3,(H,16,19). The Hall–Kier alpha value is -1.07. The van der Waals surface area contributed by atoms with Crippen LogP contribution in [0.4, 0.5) is 0 Å². The highest BCUT2D eigenvalue weighted by Gasteiger charge is 2.10. The highest BCUT2D eigenvalue weighted by Crippen LogP contribution is 2.18. The van der Waals surface area contributed by atoms with Gasteiger partial charge < -0.3 is 10.6 Å². The monoisotopic (exact) mass is 286 g/mol. The van der Waals surface area contributed by atoms with E-state index >= 15 is 0 Å². The van der Waals surface area contributed by atoms with Gasteiger partial charge in [0.05, 0.1) is 16.4 Å². The summed E-state index contributed by atoms with van der Waals surface area (Å²) in [5.41, 5.74) is 1.78. The van der Waals surface area contributed by atoms with E-state index in [1.807, 2.05) is 14.0 Å². The van der Waals surface area contributed by atoms with Gasteiger partial charge in [-0.05, 0) is 12.8 Å². The summed E-state index contributed by atoms with van der Waals surface area (Å²) in [6, 6.07) is 0. The molecule has 0 atom stereocenters. The Kier molecular flexibility index (Phi) is 6.31. The minimum atomic E-state index is 0.0773. The first-order valence-electron chi connectivity index (χ1n) is 6.57. The summed E-state index contributed by atoms with van der Waals surface area (Å²) >= 11 is 6.14. The van der Waals surface area contributed by atoms with Crippen molar-refractivity contribution in [1.82, 2.24) is 20.4 Å². The van der Waals surface area contributed by atoms with Gasteiger partial charge in [0.25, 0.3) is 0 Å². The van der Waals surface area contributed by atoms with Gasteiger partial charge in [0.2, 0.25) is 5.91 Å². The van der Waals surface area contributed by atoms with Gasteiger partial charge in [-0.15, -0.1) is 0 Å². The molecule has 1 heterocycles. The zero-order valence-electron chi connectivity index (χ0n) is 12.1. The van der Waals surface area contributed by atoms with Crippen LogP contribution in [0.15, 0.2) is 0 Å². The van der Waals surface area contributed by atoms with E-state index in [1.54, 1.807) is 4.68 Å². The van der Waals surface area contributed by atoms with E-state index in [0.717, 1.165) is 17.9 Å². The minimum absolute atomic E-state index is 0.0773. The summed E-state index contributed by atoms with van der Waals surface area (Å²) in [5.74, 6) is 0.557. The fourth-order valence-corrected chi connectivity index (χ4v) is 1.91. The molecular formula is C13H23ClN4O. The molecule has 0 aliphatic heterocycles. The van der Waals surface area contributed by atoms with Gasteiger partial charge in [-0.25, -0.2) is 0 Å². The summed E-state index contributed by atoms with van der Waals surface area (Å²) in [4.78, 5) is 11.5. The van der Waals surface area contributed by atoms with Crippen LogP contribution < -0.4 is 10.6 Å². The van der Waals surface area contributed by atoms with Crippen molar-refractivity contribution >= 4 is 17.5 Å². The second-order valence-electron chi connectivity index (χ2n) is 5.09. The fourth-order valence-electron chi connectivity index (χ4n) is 1.69. The molecule has 108 valence electrons. The van der Waals surface area contributed by atoms with Crippen LogP contribution >= 0.6 is 11.6 Å². The molecule has 0 radical (unpaired) electrons. The van der Waals surface area contributed by atoms with Gasteiger partial charge in [-0.2, -0.15) is 5.10 Å². The van der Waals surface area contributed by atoms with Crippen LogP contribution in [0.1, 0.15) is 31.7 Å². The number of amides is 1. The van der Waals surface area contributed by atoms with Crippen LogP contribution in [0.2, 0.25) is 5.02 Å². The Labute approximate surface area is 119 Å². The van der Waals surface area contributed by atoms with Crippen molar-refractivity contribution in [3.63, 3.8) is 0 Å². The second-order valence-corrected chi connectivity index (χ2v) is 5.47. The first-order valence-corrected chi connectivity index (χ1v) is 6.95. The molecule has 1 aromatic rings. The number of rotatable bonds is 7. The molecule has 19 heavy (non-hydrogen) atoms. The lowest BCUT2D eigenvalue weighted by atomic mass is 10.2. The number of aryl methyl sites for hydroxylation is 2. The van der Waals surface area contributed by atoms with Crippen molar-refractivity contribution in [2.45, 2.75) is 33.7 Å². The molecule has 0 saturated heterocycles. The maximum Gasteiger partial charge on any atom is 0.221 e. The van der Waals surface area contributed by atoms with Crippen molar-refractivity contribution in [2.75, 3.05) is 13.1 Å². The van der Waals surface area contributed by atoms with Crippen molar-refractivity contribution in [2.24, 2.45) is 13.0 Å². The molecular weight excluding hydrogens is 264 g/mol. The summed E-state index contributed by atoms with van der Waals surface area (Å²) in [5, 5.41) is 11.0. The summed E-state index contributed by atoms with van der Waals surface area (Å²) in [7, 11) is 1.87. The number of halogens is 1. The van der Waals surface area contributed by atoms with Gasteiger partial charge >= 0.3 is 0 Å². The third-order valence-corrected chi connectivity index (χ3v) is 3.28. The molecule has 0 unspecified atom stereocenters. The lowest BCUT2D eigenvalue weighted by Crippen LogP contribution is -2.30. The molecule has 0 aliphatic rings. The van der Waals surface area contributed by atoms with E-state index < -0.39 is 0 Å². The predicted octanol–water partition coefficient (Wildman–Crippen LogP) is 1.63.